The number of nitrogens with zero attached hydrogens (tertiary/aromatic N) is 1. The summed E-state index contributed by atoms with van der Waals surface area (Å²) >= 11 is 0. The molecule has 0 spiro atoms. The molecule has 2 aromatic carbocycles. The van der Waals surface area contributed by atoms with Crippen LogP contribution in [-0.2, 0) is 4.74 Å². The second-order valence-corrected chi connectivity index (χ2v) is 13.4. The number of carbonyl (C=O) groups excluding carboxylic acids is 1. The van der Waals surface area contributed by atoms with Crippen LogP contribution in [0.3, 0.4) is 0 Å². The first kappa shape index (κ1) is 28.4. The van der Waals surface area contributed by atoms with Crippen molar-refractivity contribution < 1.29 is 24.5 Å². The fourth-order valence-corrected chi connectivity index (χ4v) is 8.70. The Labute approximate surface area is 244 Å². The predicted octanol–water partition coefficient (Wildman–Crippen LogP) is 6.65. The van der Waals surface area contributed by atoms with Crippen LogP contribution in [0.15, 0.2) is 65.8 Å². The zero-order chi connectivity index (χ0) is 28.8. The number of rotatable bonds is 7. The van der Waals surface area contributed by atoms with E-state index in [-0.39, 0.29) is 29.4 Å². The average molecular weight is 560 g/mol. The Morgan fingerprint density at radius 1 is 1.00 bits per heavy atom. The van der Waals surface area contributed by atoms with Gasteiger partial charge in [-0.25, -0.2) is 4.79 Å². The van der Waals surface area contributed by atoms with Crippen LogP contribution in [-0.4, -0.2) is 59.7 Å². The number of ether oxygens (including phenoxy) is 2. The van der Waals surface area contributed by atoms with Crippen molar-refractivity contribution in [2.24, 2.45) is 22.7 Å². The molecule has 3 fully saturated rings. The van der Waals surface area contributed by atoms with Crippen LogP contribution in [0.2, 0.25) is 0 Å². The van der Waals surface area contributed by atoms with E-state index in [9.17, 15) is 15.0 Å². The predicted molar refractivity (Wildman–Crippen MR) is 161 cm³/mol. The van der Waals surface area contributed by atoms with Crippen molar-refractivity contribution in [3.05, 3.63) is 65.8 Å². The van der Waals surface area contributed by atoms with Crippen molar-refractivity contribution in [3.63, 3.8) is 0 Å². The van der Waals surface area contributed by atoms with Crippen molar-refractivity contribution in [1.29, 1.82) is 0 Å². The Morgan fingerprint density at radius 3 is 2.59 bits per heavy atom. The number of benzene rings is 2. The summed E-state index contributed by atoms with van der Waals surface area (Å²) in [6, 6.07) is 13.7. The molecule has 0 aliphatic heterocycles. The SMILES string of the molecule is COCCCN(C[C@]1(O)CC[C@H]2C3=CC=C4C[C@@H](O)CC[C@]4(C)[C@H]3CC[C@@]21C)C(=O)Oc1ccc2ccccc2c1. The Kier molecular flexibility index (Phi) is 7.54. The minimum absolute atomic E-state index is 0.0984. The lowest BCUT2D eigenvalue weighted by atomic mass is 9.50. The lowest BCUT2D eigenvalue weighted by molar-refractivity contribution is -0.0983. The van der Waals surface area contributed by atoms with Crippen LogP contribution < -0.4 is 4.74 Å². The molecular formula is C35H45NO5. The topological polar surface area (TPSA) is 79.2 Å². The zero-order valence-corrected chi connectivity index (χ0v) is 24.8. The highest BCUT2D eigenvalue weighted by Crippen LogP contribution is 2.66. The molecule has 0 aromatic heterocycles. The Morgan fingerprint density at radius 2 is 1.78 bits per heavy atom. The van der Waals surface area contributed by atoms with Gasteiger partial charge in [0, 0.05) is 25.7 Å². The number of hydrogen-bond donors (Lipinski definition) is 2. The quantitative estimate of drug-likeness (QED) is 0.371. The molecule has 4 aliphatic carbocycles. The standard InChI is InChI=1S/C35H45NO5/c1-33-16-13-27(37)22-26(33)10-12-29-30(33)14-17-34(2)31(29)15-18-35(34,39)23-36(19-6-20-40-3)32(38)41-28-11-9-24-7-4-5-8-25(24)21-28/h4-5,7-12,21,27,30-31,37,39H,6,13-20,22-23H2,1-3H3/t27-,30-,31-,33-,34-,35+/m0/s1. The van der Waals surface area contributed by atoms with Crippen molar-refractivity contribution >= 4 is 16.9 Å². The number of allylic oxidation sites excluding steroid dienone is 3. The highest BCUT2D eigenvalue weighted by molar-refractivity contribution is 5.84. The minimum Gasteiger partial charge on any atom is -0.410 e. The van der Waals surface area contributed by atoms with Gasteiger partial charge in [-0.15, -0.1) is 0 Å². The van der Waals surface area contributed by atoms with Gasteiger partial charge in [0.2, 0.25) is 0 Å². The summed E-state index contributed by atoms with van der Waals surface area (Å²) in [5.41, 5.74) is 1.63. The van der Waals surface area contributed by atoms with Gasteiger partial charge in [-0.3, -0.25) is 0 Å². The number of carbonyl (C=O) groups is 1. The van der Waals surface area contributed by atoms with E-state index in [1.165, 1.54) is 11.1 Å². The first-order chi connectivity index (χ1) is 19.7. The van der Waals surface area contributed by atoms with E-state index in [1.807, 2.05) is 42.5 Å². The number of fused-ring (bicyclic) bond motifs is 6. The van der Waals surface area contributed by atoms with E-state index in [4.69, 9.17) is 9.47 Å². The highest BCUT2D eigenvalue weighted by Gasteiger charge is 2.62. The number of methoxy groups -OCH3 is 1. The van der Waals surface area contributed by atoms with Gasteiger partial charge in [-0.1, -0.05) is 67.5 Å². The first-order valence-corrected chi connectivity index (χ1v) is 15.4. The summed E-state index contributed by atoms with van der Waals surface area (Å²) in [7, 11) is 1.66. The van der Waals surface area contributed by atoms with Gasteiger partial charge in [0.15, 0.2) is 0 Å². The van der Waals surface area contributed by atoms with Gasteiger partial charge >= 0.3 is 6.09 Å². The lowest BCUT2D eigenvalue weighted by Gasteiger charge is -2.56. The van der Waals surface area contributed by atoms with Gasteiger partial charge in [0.05, 0.1) is 18.2 Å². The molecule has 6 atom stereocenters. The third-order valence-electron chi connectivity index (χ3n) is 11.3. The summed E-state index contributed by atoms with van der Waals surface area (Å²) in [5.74, 6) is 1.26. The second-order valence-electron chi connectivity index (χ2n) is 13.4. The monoisotopic (exact) mass is 559 g/mol. The van der Waals surface area contributed by atoms with Gasteiger partial charge in [0.25, 0.3) is 0 Å². The van der Waals surface area contributed by atoms with Crippen LogP contribution in [0.5, 0.6) is 5.75 Å². The van der Waals surface area contributed by atoms with Gasteiger partial charge in [-0.05, 0) is 91.5 Å². The van der Waals surface area contributed by atoms with E-state index in [2.05, 4.69) is 26.0 Å². The first-order valence-electron chi connectivity index (χ1n) is 15.4. The molecule has 1 amide bonds. The molecule has 0 bridgehead atoms. The van der Waals surface area contributed by atoms with Crippen molar-refractivity contribution in [2.75, 3.05) is 26.8 Å². The molecular weight excluding hydrogens is 514 g/mol. The lowest BCUT2D eigenvalue weighted by Crippen LogP contribution is -2.57. The largest absolute Gasteiger partial charge is 0.415 e. The highest BCUT2D eigenvalue weighted by atomic mass is 16.6. The van der Waals surface area contributed by atoms with Gasteiger partial charge < -0.3 is 24.6 Å². The maximum Gasteiger partial charge on any atom is 0.415 e. The van der Waals surface area contributed by atoms with Crippen LogP contribution in [0.1, 0.15) is 65.2 Å². The van der Waals surface area contributed by atoms with Gasteiger partial charge in [-0.2, -0.15) is 0 Å². The average Bonchev–Trinajstić information content (AvgIpc) is 3.23. The van der Waals surface area contributed by atoms with Crippen LogP contribution in [0.25, 0.3) is 10.8 Å². The molecule has 2 aromatic rings. The number of aliphatic hydroxyl groups excluding tert-OH is 1. The van der Waals surface area contributed by atoms with Crippen LogP contribution >= 0.6 is 0 Å². The summed E-state index contributed by atoms with van der Waals surface area (Å²) in [6.45, 7) is 5.89. The Bertz CT molecular complexity index is 1370. The molecule has 0 unspecified atom stereocenters. The maximum absolute atomic E-state index is 13.6. The third kappa shape index (κ3) is 4.92. The van der Waals surface area contributed by atoms with Crippen molar-refractivity contribution in [1.82, 2.24) is 4.90 Å². The van der Waals surface area contributed by atoms with E-state index in [1.54, 1.807) is 12.0 Å². The van der Waals surface area contributed by atoms with Crippen molar-refractivity contribution in [2.45, 2.75) is 76.9 Å². The zero-order valence-electron chi connectivity index (χ0n) is 24.8. The fraction of sp³-hybridized carbons (Fsp3) is 0.571. The Balaban J connectivity index is 1.23. The summed E-state index contributed by atoms with van der Waals surface area (Å²) < 4.78 is 11.2. The molecule has 3 saturated carbocycles. The molecule has 0 heterocycles. The number of amides is 1. The van der Waals surface area contributed by atoms with Crippen LogP contribution in [0.4, 0.5) is 4.79 Å². The molecule has 41 heavy (non-hydrogen) atoms. The minimum atomic E-state index is -1.01. The van der Waals surface area contributed by atoms with E-state index in [0.717, 1.165) is 49.3 Å². The normalized spacial score (nSPS) is 34.2. The van der Waals surface area contributed by atoms with E-state index in [0.29, 0.717) is 37.7 Å². The van der Waals surface area contributed by atoms with E-state index < -0.39 is 11.7 Å². The maximum atomic E-state index is 13.6. The van der Waals surface area contributed by atoms with Crippen molar-refractivity contribution in [3.8, 4) is 5.75 Å². The molecule has 4 aliphatic rings. The van der Waals surface area contributed by atoms with Gasteiger partial charge in [0.1, 0.15) is 5.75 Å². The molecule has 220 valence electrons. The van der Waals surface area contributed by atoms with E-state index >= 15 is 0 Å². The molecule has 0 saturated heterocycles. The fourth-order valence-electron chi connectivity index (χ4n) is 8.70. The third-order valence-corrected chi connectivity index (χ3v) is 11.3. The summed E-state index contributed by atoms with van der Waals surface area (Å²) in [5, 5.41) is 24.8. The molecule has 6 heteroatoms. The number of aliphatic hydroxyl groups is 2. The molecule has 0 radical (unpaired) electrons. The number of hydrogen-bond acceptors (Lipinski definition) is 5. The molecule has 6 nitrogen and oxygen atoms in total. The molecule has 2 N–H and O–H groups in total. The summed E-state index contributed by atoms with van der Waals surface area (Å²) in [4.78, 5) is 15.3. The molecule has 6 rings (SSSR count). The smallest absolute Gasteiger partial charge is 0.410 e. The second kappa shape index (κ2) is 10.9. The Hall–Kier alpha value is -2.67. The summed E-state index contributed by atoms with van der Waals surface area (Å²) in [6.07, 6.45) is 10.8. The van der Waals surface area contributed by atoms with Crippen LogP contribution in [0, 0.1) is 22.7 Å².